The van der Waals surface area contributed by atoms with Gasteiger partial charge < -0.3 is 9.84 Å². The summed E-state index contributed by atoms with van der Waals surface area (Å²) in [7, 11) is 0. The molecule has 7 nitrogen and oxygen atoms in total. The average molecular weight is 280 g/mol. The number of para-hydroxylation sites is 2. The molecule has 0 atom stereocenters. The van der Waals surface area contributed by atoms with Gasteiger partial charge in [-0.25, -0.2) is 9.78 Å². The first-order valence-electron chi connectivity index (χ1n) is 5.12. The van der Waals surface area contributed by atoms with E-state index in [1.54, 1.807) is 6.07 Å². The third-order valence-corrected chi connectivity index (χ3v) is 3.05. The van der Waals surface area contributed by atoms with Crippen molar-refractivity contribution in [3.63, 3.8) is 0 Å². The van der Waals surface area contributed by atoms with E-state index in [1.807, 2.05) is 0 Å². The van der Waals surface area contributed by atoms with E-state index in [0.29, 0.717) is 5.69 Å². The molecule has 1 aromatic heterocycles. The van der Waals surface area contributed by atoms with E-state index in [1.165, 1.54) is 23.6 Å². The number of thiazole rings is 1. The van der Waals surface area contributed by atoms with Gasteiger partial charge in [0.1, 0.15) is 6.61 Å². The maximum Gasteiger partial charge on any atom is 0.365 e. The number of carboxylic acids is 1. The average Bonchev–Trinajstić information content (AvgIpc) is 2.85. The van der Waals surface area contributed by atoms with Gasteiger partial charge in [0.05, 0.1) is 10.6 Å². The highest BCUT2D eigenvalue weighted by Gasteiger charge is 2.15. The Kier molecular flexibility index (Phi) is 3.71. The van der Waals surface area contributed by atoms with Gasteiger partial charge in [-0.15, -0.1) is 11.3 Å². The van der Waals surface area contributed by atoms with Crippen LogP contribution in [0.2, 0.25) is 0 Å². The van der Waals surface area contributed by atoms with Crippen molar-refractivity contribution < 1.29 is 19.6 Å². The summed E-state index contributed by atoms with van der Waals surface area (Å²) in [6.07, 6.45) is 0. The van der Waals surface area contributed by atoms with Crippen molar-refractivity contribution in [2.75, 3.05) is 0 Å². The van der Waals surface area contributed by atoms with E-state index in [-0.39, 0.29) is 23.1 Å². The molecule has 0 spiro atoms. The molecule has 0 bridgehead atoms. The second-order valence-corrected chi connectivity index (χ2v) is 4.32. The normalized spacial score (nSPS) is 10.1. The topological polar surface area (TPSA) is 103 Å². The predicted octanol–water partition coefficient (Wildman–Crippen LogP) is 2.33. The van der Waals surface area contributed by atoms with Crippen LogP contribution in [0.15, 0.2) is 29.6 Å². The molecule has 0 amide bonds. The lowest BCUT2D eigenvalue weighted by Gasteiger charge is -2.04. The zero-order valence-electron chi connectivity index (χ0n) is 9.48. The number of carboxylic acid groups (broad SMARTS) is 1. The molecule has 0 unspecified atom stereocenters. The Morgan fingerprint density at radius 2 is 2.21 bits per heavy atom. The van der Waals surface area contributed by atoms with Crippen molar-refractivity contribution in [3.8, 4) is 5.75 Å². The summed E-state index contributed by atoms with van der Waals surface area (Å²) in [6.45, 7) is -0.0192. The Morgan fingerprint density at radius 3 is 2.84 bits per heavy atom. The minimum absolute atomic E-state index is 0.0192. The lowest BCUT2D eigenvalue weighted by atomic mass is 10.3. The summed E-state index contributed by atoms with van der Waals surface area (Å²) in [5, 5.41) is 21.0. The van der Waals surface area contributed by atoms with E-state index < -0.39 is 10.9 Å². The molecule has 1 N–H and O–H groups in total. The van der Waals surface area contributed by atoms with Crippen molar-refractivity contribution in [1.29, 1.82) is 0 Å². The van der Waals surface area contributed by atoms with Gasteiger partial charge in [0, 0.05) is 11.4 Å². The number of rotatable bonds is 5. The molecule has 0 fully saturated rings. The quantitative estimate of drug-likeness (QED) is 0.666. The van der Waals surface area contributed by atoms with Gasteiger partial charge >= 0.3 is 11.7 Å². The molecule has 2 rings (SSSR count). The molecule has 1 heterocycles. The second kappa shape index (κ2) is 5.44. The number of nitro groups is 1. The fourth-order valence-corrected chi connectivity index (χ4v) is 1.99. The highest BCUT2D eigenvalue weighted by atomic mass is 32.1. The molecule has 98 valence electrons. The van der Waals surface area contributed by atoms with E-state index in [4.69, 9.17) is 9.84 Å². The number of aromatic carboxylic acids is 1. The number of ether oxygens (including phenoxy) is 1. The maximum atomic E-state index is 10.8. The Balaban J connectivity index is 2.10. The highest BCUT2D eigenvalue weighted by Crippen LogP contribution is 2.26. The molecular formula is C11H8N2O5S. The lowest BCUT2D eigenvalue weighted by molar-refractivity contribution is -0.385. The summed E-state index contributed by atoms with van der Waals surface area (Å²) in [5.41, 5.74) is 0.275. The molecule has 19 heavy (non-hydrogen) atoms. The Morgan fingerprint density at radius 1 is 1.47 bits per heavy atom. The van der Waals surface area contributed by atoms with Crippen LogP contribution in [0.25, 0.3) is 0 Å². The number of aromatic nitrogens is 1. The Labute approximate surface area is 111 Å². The molecule has 1 aromatic carbocycles. The number of benzene rings is 1. The lowest BCUT2D eigenvalue weighted by Crippen LogP contribution is -2.01. The third-order valence-electron chi connectivity index (χ3n) is 2.17. The van der Waals surface area contributed by atoms with Crippen molar-refractivity contribution in [2.24, 2.45) is 0 Å². The molecule has 0 radical (unpaired) electrons. The minimum Gasteiger partial charge on any atom is -0.480 e. The summed E-state index contributed by atoms with van der Waals surface area (Å²) >= 11 is 0.979. The van der Waals surface area contributed by atoms with Crippen molar-refractivity contribution in [2.45, 2.75) is 6.61 Å². The summed E-state index contributed by atoms with van der Waals surface area (Å²) < 4.78 is 5.29. The van der Waals surface area contributed by atoms with Crippen LogP contribution in [0.1, 0.15) is 15.5 Å². The van der Waals surface area contributed by atoms with E-state index in [2.05, 4.69) is 4.98 Å². The largest absolute Gasteiger partial charge is 0.480 e. The number of hydrogen-bond acceptors (Lipinski definition) is 6. The van der Waals surface area contributed by atoms with Crippen LogP contribution in [0.3, 0.4) is 0 Å². The van der Waals surface area contributed by atoms with Gasteiger partial charge in [0.15, 0.2) is 5.75 Å². The molecule has 0 aliphatic rings. The third kappa shape index (κ3) is 3.05. The molecular weight excluding hydrogens is 272 g/mol. The Bertz CT molecular complexity index is 625. The van der Waals surface area contributed by atoms with Crippen molar-refractivity contribution in [1.82, 2.24) is 4.98 Å². The van der Waals surface area contributed by atoms with E-state index >= 15 is 0 Å². The summed E-state index contributed by atoms with van der Waals surface area (Å²) in [6, 6.07) is 5.96. The van der Waals surface area contributed by atoms with Gasteiger partial charge in [0.2, 0.25) is 5.01 Å². The first-order valence-corrected chi connectivity index (χ1v) is 6.00. The Hall–Kier alpha value is -2.48. The number of nitro benzene ring substituents is 1. The SMILES string of the molecule is O=C(O)c1nc(COc2ccccc2[N+](=O)[O-])cs1. The summed E-state index contributed by atoms with van der Waals surface area (Å²) in [5.74, 6) is -0.987. The van der Waals surface area contributed by atoms with Crippen LogP contribution in [-0.2, 0) is 6.61 Å². The second-order valence-electron chi connectivity index (χ2n) is 3.46. The van der Waals surface area contributed by atoms with Crippen LogP contribution < -0.4 is 4.74 Å². The van der Waals surface area contributed by atoms with Gasteiger partial charge in [-0.3, -0.25) is 10.1 Å². The standard InChI is InChI=1S/C11H8N2O5S/c14-11(15)10-12-7(6-19-10)5-18-9-4-2-1-3-8(9)13(16)17/h1-4,6H,5H2,(H,14,15). The molecule has 0 aliphatic heterocycles. The first kappa shape index (κ1) is 13.0. The number of hydrogen-bond donors (Lipinski definition) is 1. The monoisotopic (exact) mass is 280 g/mol. The molecule has 0 saturated carbocycles. The van der Waals surface area contributed by atoms with Gasteiger partial charge in [-0.05, 0) is 6.07 Å². The van der Waals surface area contributed by atoms with Crippen LogP contribution in [0.5, 0.6) is 5.75 Å². The zero-order valence-corrected chi connectivity index (χ0v) is 10.3. The molecule has 0 aliphatic carbocycles. The van der Waals surface area contributed by atoms with Crippen LogP contribution in [0, 0.1) is 10.1 Å². The molecule has 8 heteroatoms. The van der Waals surface area contributed by atoms with Crippen molar-refractivity contribution in [3.05, 3.63) is 50.5 Å². The van der Waals surface area contributed by atoms with Crippen LogP contribution in [-0.4, -0.2) is 21.0 Å². The van der Waals surface area contributed by atoms with Crippen molar-refractivity contribution >= 4 is 23.0 Å². The van der Waals surface area contributed by atoms with Crippen LogP contribution in [0.4, 0.5) is 5.69 Å². The zero-order chi connectivity index (χ0) is 13.8. The first-order chi connectivity index (χ1) is 9.08. The molecule has 0 saturated heterocycles. The predicted molar refractivity (Wildman–Crippen MR) is 66.5 cm³/mol. The van der Waals surface area contributed by atoms with E-state index in [0.717, 1.165) is 11.3 Å². The fourth-order valence-electron chi connectivity index (χ4n) is 1.35. The smallest absolute Gasteiger partial charge is 0.365 e. The summed E-state index contributed by atoms with van der Waals surface area (Å²) in [4.78, 5) is 24.7. The maximum absolute atomic E-state index is 10.8. The number of carbonyl (C=O) groups is 1. The van der Waals surface area contributed by atoms with Gasteiger partial charge in [-0.2, -0.15) is 0 Å². The minimum atomic E-state index is -1.11. The van der Waals surface area contributed by atoms with Crippen LogP contribution >= 0.6 is 11.3 Å². The van der Waals surface area contributed by atoms with E-state index in [9.17, 15) is 14.9 Å². The molecule has 2 aromatic rings. The van der Waals surface area contributed by atoms with Gasteiger partial charge in [-0.1, -0.05) is 12.1 Å². The van der Waals surface area contributed by atoms with Gasteiger partial charge in [0.25, 0.3) is 0 Å². The fraction of sp³-hybridized carbons (Fsp3) is 0.0909. The number of nitrogens with zero attached hydrogens (tertiary/aromatic N) is 2. The highest BCUT2D eigenvalue weighted by molar-refractivity contribution is 7.11.